The number of halogens is 1. The van der Waals surface area contributed by atoms with Gasteiger partial charge in [-0.2, -0.15) is 16.5 Å². The van der Waals surface area contributed by atoms with Gasteiger partial charge in [-0.1, -0.05) is 24.3 Å². The summed E-state index contributed by atoms with van der Waals surface area (Å²) in [7, 11) is -2.96. The number of anilines is 1. The zero-order valence-electron chi connectivity index (χ0n) is 17.1. The number of methoxy groups -OCH3 is 1. The van der Waals surface area contributed by atoms with Gasteiger partial charge in [0.25, 0.3) is 0 Å². The number of amides is 2. The Balaban J connectivity index is 2.04. The molecule has 11 heteroatoms. The minimum absolute atomic E-state index is 0.147. The van der Waals surface area contributed by atoms with Gasteiger partial charge in [-0.15, -0.1) is 0 Å². The predicted molar refractivity (Wildman–Crippen MR) is 118 cm³/mol. The molecule has 8 nitrogen and oxygen atoms in total. The van der Waals surface area contributed by atoms with Gasteiger partial charge in [0.15, 0.2) is 0 Å². The van der Waals surface area contributed by atoms with E-state index in [1.807, 2.05) is 6.26 Å². The molecule has 0 aliphatic heterocycles. The molecule has 0 saturated heterocycles. The van der Waals surface area contributed by atoms with Crippen molar-refractivity contribution in [2.24, 2.45) is 0 Å². The molecule has 0 aliphatic rings. The molecule has 0 saturated carbocycles. The number of hydrogen-bond donors (Lipinski definition) is 3. The van der Waals surface area contributed by atoms with Crippen molar-refractivity contribution in [1.82, 2.24) is 10.0 Å². The van der Waals surface area contributed by atoms with Gasteiger partial charge in [0.05, 0.1) is 7.11 Å². The largest absolute Gasteiger partial charge is 0.453 e. The van der Waals surface area contributed by atoms with Gasteiger partial charge in [-0.25, -0.2) is 17.6 Å². The van der Waals surface area contributed by atoms with Gasteiger partial charge in [0.2, 0.25) is 15.9 Å². The zero-order chi connectivity index (χ0) is 22.9. The van der Waals surface area contributed by atoms with Gasteiger partial charge in [-0.05, 0) is 48.3 Å². The first-order chi connectivity index (χ1) is 14.8. The topological polar surface area (TPSA) is 114 Å². The molecular formula is C20H24FN3O5S2. The maximum absolute atomic E-state index is 13.9. The number of nitrogens with one attached hydrogen (secondary N) is 3. The molecule has 168 valence electrons. The Morgan fingerprint density at radius 3 is 2.42 bits per heavy atom. The maximum atomic E-state index is 13.9. The lowest BCUT2D eigenvalue weighted by Crippen LogP contribution is -2.46. The van der Waals surface area contributed by atoms with Crippen LogP contribution in [-0.2, 0) is 26.1 Å². The second kappa shape index (κ2) is 11.7. The number of benzene rings is 2. The number of thioether (sulfide) groups is 1. The third-order valence-corrected chi connectivity index (χ3v) is 6.35. The summed E-state index contributed by atoms with van der Waals surface area (Å²) < 4.78 is 45.9. The summed E-state index contributed by atoms with van der Waals surface area (Å²) in [6, 6.07) is 10.6. The lowest BCUT2D eigenvalue weighted by molar-refractivity contribution is -0.122. The highest BCUT2D eigenvalue weighted by Gasteiger charge is 2.27. The van der Waals surface area contributed by atoms with Crippen LogP contribution in [0.3, 0.4) is 0 Å². The second-order valence-electron chi connectivity index (χ2n) is 6.42. The molecule has 0 spiro atoms. The van der Waals surface area contributed by atoms with E-state index < -0.39 is 38.8 Å². The molecule has 3 N–H and O–H groups in total. The van der Waals surface area contributed by atoms with E-state index in [1.54, 1.807) is 24.3 Å². The molecule has 0 fully saturated rings. The summed E-state index contributed by atoms with van der Waals surface area (Å²) in [4.78, 5) is 23.4. The average Bonchev–Trinajstić information content (AvgIpc) is 2.75. The van der Waals surface area contributed by atoms with E-state index in [-0.39, 0.29) is 13.0 Å². The molecule has 2 aromatic rings. The Morgan fingerprint density at radius 2 is 1.81 bits per heavy atom. The third-order valence-electron chi connectivity index (χ3n) is 4.20. The highest BCUT2D eigenvalue weighted by atomic mass is 32.2. The summed E-state index contributed by atoms with van der Waals surface area (Å²) in [5, 5.41) is 5.20. The summed E-state index contributed by atoms with van der Waals surface area (Å²) in [6.07, 6.45) is 1.48. The first kappa shape index (κ1) is 24.6. The van der Waals surface area contributed by atoms with E-state index in [2.05, 4.69) is 20.1 Å². The van der Waals surface area contributed by atoms with E-state index in [0.29, 0.717) is 11.4 Å². The molecule has 31 heavy (non-hydrogen) atoms. The van der Waals surface area contributed by atoms with Crippen molar-refractivity contribution in [1.29, 1.82) is 0 Å². The van der Waals surface area contributed by atoms with Crippen LogP contribution in [0.2, 0.25) is 0 Å². The van der Waals surface area contributed by atoms with Crippen LogP contribution in [0.1, 0.15) is 12.0 Å². The summed E-state index contributed by atoms with van der Waals surface area (Å²) >= 11 is 1.46. The van der Waals surface area contributed by atoms with E-state index >= 15 is 0 Å². The number of carbonyl (C=O) groups is 2. The van der Waals surface area contributed by atoms with E-state index in [0.717, 1.165) is 17.7 Å². The first-order valence-corrected chi connectivity index (χ1v) is 12.1. The number of ether oxygens (including phenoxy) is 1. The minimum atomic E-state index is -4.22. The molecule has 2 amide bonds. The van der Waals surface area contributed by atoms with E-state index in [4.69, 9.17) is 0 Å². The van der Waals surface area contributed by atoms with Crippen molar-refractivity contribution in [3.63, 3.8) is 0 Å². The number of sulfonamides is 1. The fraction of sp³-hybridized carbons (Fsp3) is 0.300. The number of rotatable bonds is 10. The Bertz CT molecular complexity index is 1000. The molecule has 1 atom stereocenters. The van der Waals surface area contributed by atoms with Crippen LogP contribution in [0.5, 0.6) is 0 Å². The van der Waals surface area contributed by atoms with Crippen molar-refractivity contribution in [2.75, 3.05) is 24.4 Å². The predicted octanol–water partition coefficient (Wildman–Crippen LogP) is 2.72. The van der Waals surface area contributed by atoms with Crippen LogP contribution in [0, 0.1) is 5.82 Å². The first-order valence-electron chi connectivity index (χ1n) is 9.24. The molecule has 2 rings (SSSR count). The monoisotopic (exact) mass is 469 g/mol. The standard InChI is InChI=1S/C20H24FN3O5S2/c1-29-20(26)23-15-9-7-14(8-10-15)13-22-19(25)17(11-12-30-2)24-31(27,28)18-6-4-3-5-16(18)21/h3-10,17,24H,11-13H2,1-2H3,(H,22,25)(H,23,26). The van der Waals surface area contributed by atoms with Crippen LogP contribution in [0.25, 0.3) is 0 Å². The molecular weight excluding hydrogens is 445 g/mol. The Morgan fingerprint density at radius 1 is 1.13 bits per heavy atom. The molecule has 2 aromatic carbocycles. The quantitative estimate of drug-likeness (QED) is 0.493. The maximum Gasteiger partial charge on any atom is 0.411 e. The van der Waals surface area contributed by atoms with Crippen LogP contribution < -0.4 is 15.4 Å². The van der Waals surface area contributed by atoms with Crippen LogP contribution in [0.4, 0.5) is 14.9 Å². The molecule has 0 radical (unpaired) electrons. The third kappa shape index (κ3) is 7.53. The number of carbonyl (C=O) groups excluding carboxylic acids is 2. The van der Waals surface area contributed by atoms with Crippen molar-refractivity contribution < 1.29 is 27.1 Å². The molecule has 0 aliphatic carbocycles. The van der Waals surface area contributed by atoms with Gasteiger partial charge in [0, 0.05) is 12.2 Å². The Kier molecular flexibility index (Phi) is 9.28. The summed E-state index contributed by atoms with van der Waals surface area (Å²) in [5.41, 5.74) is 1.27. The molecule has 0 heterocycles. The molecule has 1 unspecified atom stereocenters. The van der Waals surface area contributed by atoms with Gasteiger partial charge < -0.3 is 10.1 Å². The van der Waals surface area contributed by atoms with Gasteiger partial charge in [0.1, 0.15) is 16.8 Å². The highest BCUT2D eigenvalue weighted by molar-refractivity contribution is 7.98. The van der Waals surface area contributed by atoms with Crippen molar-refractivity contribution in [3.05, 3.63) is 59.9 Å². The molecule has 0 bridgehead atoms. The minimum Gasteiger partial charge on any atom is -0.453 e. The SMILES string of the molecule is COC(=O)Nc1ccc(CNC(=O)C(CCSC)NS(=O)(=O)c2ccccc2F)cc1. The normalized spacial score (nSPS) is 12.1. The Hall–Kier alpha value is -2.63. The van der Waals surface area contributed by atoms with Gasteiger partial charge >= 0.3 is 6.09 Å². The van der Waals surface area contributed by atoms with Crippen molar-refractivity contribution >= 4 is 39.5 Å². The van der Waals surface area contributed by atoms with Crippen LogP contribution in [-0.4, -0.2) is 45.6 Å². The lowest BCUT2D eigenvalue weighted by Gasteiger charge is -2.18. The van der Waals surface area contributed by atoms with Crippen molar-refractivity contribution in [2.45, 2.75) is 23.9 Å². The summed E-state index contributed by atoms with van der Waals surface area (Å²) in [6.45, 7) is 0.147. The Labute approximate surface area is 185 Å². The summed E-state index contributed by atoms with van der Waals surface area (Å²) in [5.74, 6) is -0.878. The fourth-order valence-electron chi connectivity index (χ4n) is 2.58. The van der Waals surface area contributed by atoms with Crippen LogP contribution in [0.15, 0.2) is 53.4 Å². The van der Waals surface area contributed by atoms with Crippen LogP contribution >= 0.6 is 11.8 Å². The lowest BCUT2D eigenvalue weighted by atomic mass is 10.2. The van der Waals surface area contributed by atoms with E-state index in [1.165, 1.54) is 31.0 Å². The number of hydrogen-bond acceptors (Lipinski definition) is 6. The van der Waals surface area contributed by atoms with E-state index in [9.17, 15) is 22.4 Å². The highest BCUT2D eigenvalue weighted by Crippen LogP contribution is 2.15. The smallest absolute Gasteiger partial charge is 0.411 e. The average molecular weight is 470 g/mol. The second-order valence-corrected chi connectivity index (χ2v) is 9.09. The fourth-order valence-corrected chi connectivity index (χ4v) is 4.36. The molecule has 0 aromatic heterocycles. The van der Waals surface area contributed by atoms with Gasteiger partial charge in [-0.3, -0.25) is 10.1 Å². The van der Waals surface area contributed by atoms with Crippen molar-refractivity contribution in [3.8, 4) is 0 Å². The zero-order valence-corrected chi connectivity index (χ0v) is 18.7.